The van der Waals surface area contributed by atoms with Crippen LogP contribution >= 0.6 is 0 Å². The van der Waals surface area contributed by atoms with E-state index in [0.717, 1.165) is 18.4 Å². The summed E-state index contributed by atoms with van der Waals surface area (Å²) in [7, 11) is -3.27. The smallest absolute Gasteiger partial charge is 0.251 e. The second-order valence-electron chi connectivity index (χ2n) is 6.14. The Labute approximate surface area is 148 Å². The van der Waals surface area contributed by atoms with Crippen molar-refractivity contribution in [3.63, 3.8) is 0 Å². The third kappa shape index (κ3) is 4.39. The van der Waals surface area contributed by atoms with Crippen molar-refractivity contribution >= 4 is 21.6 Å². The van der Waals surface area contributed by atoms with E-state index in [-0.39, 0.29) is 11.7 Å². The fourth-order valence-electron chi connectivity index (χ4n) is 2.95. The number of anilines is 1. The summed E-state index contributed by atoms with van der Waals surface area (Å²) in [6.07, 6.45) is 2.29. The van der Waals surface area contributed by atoms with Gasteiger partial charge in [0.1, 0.15) is 0 Å². The van der Waals surface area contributed by atoms with Gasteiger partial charge in [-0.15, -0.1) is 0 Å². The summed E-state index contributed by atoms with van der Waals surface area (Å²) in [5.41, 5.74) is 2.21. The molecule has 1 fully saturated rings. The monoisotopic (exact) mass is 358 g/mol. The summed E-state index contributed by atoms with van der Waals surface area (Å²) >= 11 is 0. The molecule has 6 heteroatoms. The molecule has 0 spiro atoms. The molecular formula is C19H22N2O3S. The van der Waals surface area contributed by atoms with E-state index < -0.39 is 10.0 Å². The predicted molar refractivity (Wildman–Crippen MR) is 99.3 cm³/mol. The van der Waals surface area contributed by atoms with Gasteiger partial charge in [0.2, 0.25) is 10.0 Å². The van der Waals surface area contributed by atoms with E-state index in [1.54, 1.807) is 24.3 Å². The van der Waals surface area contributed by atoms with Crippen LogP contribution in [0.2, 0.25) is 0 Å². The first-order valence-electron chi connectivity index (χ1n) is 8.49. The number of nitrogens with zero attached hydrogens (tertiary/aromatic N) is 1. The van der Waals surface area contributed by atoms with Gasteiger partial charge in [-0.2, -0.15) is 0 Å². The van der Waals surface area contributed by atoms with E-state index in [0.29, 0.717) is 30.8 Å². The van der Waals surface area contributed by atoms with Crippen LogP contribution in [0.1, 0.15) is 28.8 Å². The van der Waals surface area contributed by atoms with Gasteiger partial charge in [-0.1, -0.05) is 36.4 Å². The van der Waals surface area contributed by atoms with Crippen LogP contribution in [0.5, 0.6) is 0 Å². The molecule has 2 aromatic rings. The van der Waals surface area contributed by atoms with Gasteiger partial charge in [0.25, 0.3) is 5.91 Å². The fraction of sp³-hybridized carbons (Fsp3) is 0.316. The Morgan fingerprint density at radius 3 is 2.60 bits per heavy atom. The van der Waals surface area contributed by atoms with Crippen LogP contribution in [-0.4, -0.2) is 33.2 Å². The molecule has 1 N–H and O–H groups in total. The fourth-order valence-corrected chi connectivity index (χ4v) is 4.58. The van der Waals surface area contributed by atoms with Crippen LogP contribution in [0.25, 0.3) is 0 Å². The van der Waals surface area contributed by atoms with Crippen LogP contribution in [0.3, 0.4) is 0 Å². The van der Waals surface area contributed by atoms with Crippen LogP contribution in [0.4, 0.5) is 5.69 Å². The molecule has 25 heavy (non-hydrogen) atoms. The topological polar surface area (TPSA) is 66.5 Å². The minimum absolute atomic E-state index is 0.167. The highest BCUT2D eigenvalue weighted by Crippen LogP contribution is 2.24. The first-order chi connectivity index (χ1) is 12.1. The van der Waals surface area contributed by atoms with Gasteiger partial charge in [-0.25, -0.2) is 8.42 Å². The Bertz CT molecular complexity index is 835. The molecule has 0 aromatic heterocycles. The zero-order chi connectivity index (χ0) is 17.7. The van der Waals surface area contributed by atoms with Crippen molar-refractivity contribution in [3.8, 4) is 0 Å². The molecule has 0 aliphatic carbocycles. The van der Waals surface area contributed by atoms with Crippen molar-refractivity contribution < 1.29 is 13.2 Å². The molecule has 5 nitrogen and oxygen atoms in total. The normalized spacial score (nSPS) is 16.4. The van der Waals surface area contributed by atoms with Crippen molar-refractivity contribution in [2.75, 3.05) is 23.1 Å². The van der Waals surface area contributed by atoms with E-state index in [2.05, 4.69) is 5.32 Å². The third-order valence-corrected chi connectivity index (χ3v) is 6.16. The van der Waals surface area contributed by atoms with Crippen molar-refractivity contribution in [2.45, 2.75) is 19.3 Å². The maximum atomic E-state index is 12.4. The van der Waals surface area contributed by atoms with E-state index in [9.17, 15) is 13.2 Å². The first-order valence-corrected chi connectivity index (χ1v) is 10.1. The molecule has 1 aliphatic rings. The molecule has 1 saturated heterocycles. The zero-order valence-electron chi connectivity index (χ0n) is 14.0. The van der Waals surface area contributed by atoms with Crippen LogP contribution in [0.15, 0.2) is 54.6 Å². The summed E-state index contributed by atoms with van der Waals surface area (Å²) in [5.74, 6) is -0.0206. The highest BCUT2D eigenvalue weighted by Gasteiger charge is 2.26. The Hall–Kier alpha value is -2.34. The van der Waals surface area contributed by atoms with E-state index >= 15 is 0 Å². The van der Waals surface area contributed by atoms with Crippen LogP contribution in [-0.2, 0) is 16.4 Å². The largest absolute Gasteiger partial charge is 0.352 e. The highest BCUT2D eigenvalue weighted by atomic mass is 32.2. The molecule has 3 rings (SSSR count). The van der Waals surface area contributed by atoms with Gasteiger partial charge in [0.05, 0.1) is 11.4 Å². The second-order valence-corrected chi connectivity index (χ2v) is 8.15. The van der Waals surface area contributed by atoms with E-state index in [1.807, 2.05) is 30.3 Å². The molecular weight excluding hydrogens is 336 g/mol. The quantitative estimate of drug-likeness (QED) is 0.893. The van der Waals surface area contributed by atoms with E-state index in [1.165, 1.54) is 4.31 Å². The van der Waals surface area contributed by atoms with Crippen molar-refractivity contribution in [1.82, 2.24) is 5.32 Å². The zero-order valence-corrected chi connectivity index (χ0v) is 14.8. The Morgan fingerprint density at radius 1 is 1.04 bits per heavy atom. The number of amides is 1. The summed E-state index contributed by atoms with van der Waals surface area (Å²) in [4.78, 5) is 12.4. The van der Waals surface area contributed by atoms with Gasteiger partial charge in [0, 0.05) is 18.7 Å². The minimum Gasteiger partial charge on any atom is -0.352 e. The Morgan fingerprint density at radius 2 is 1.84 bits per heavy atom. The van der Waals surface area contributed by atoms with Gasteiger partial charge in [0.15, 0.2) is 0 Å². The highest BCUT2D eigenvalue weighted by molar-refractivity contribution is 7.92. The third-order valence-electron chi connectivity index (χ3n) is 4.29. The van der Waals surface area contributed by atoms with Crippen molar-refractivity contribution in [3.05, 3.63) is 65.7 Å². The predicted octanol–water partition coefficient (Wildman–Crippen LogP) is 2.59. The number of sulfonamides is 1. The molecule has 0 radical (unpaired) electrons. The lowest BCUT2D eigenvalue weighted by molar-refractivity contribution is 0.0954. The van der Waals surface area contributed by atoms with Gasteiger partial charge in [-0.3, -0.25) is 9.10 Å². The standard InChI is InChI=1S/C19H22N2O3S/c22-19(20-12-11-16-7-2-1-3-8-16)17-9-6-10-18(15-17)21-13-4-5-14-25(21,23)24/h1-3,6-10,15H,4-5,11-14H2,(H,20,22). The van der Waals surface area contributed by atoms with Crippen molar-refractivity contribution in [2.24, 2.45) is 0 Å². The van der Waals surface area contributed by atoms with Gasteiger partial charge >= 0.3 is 0 Å². The number of hydrogen-bond acceptors (Lipinski definition) is 3. The summed E-state index contributed by atoms with van der Waals surface area (Å²) in [6.45, 7) is 1.01. The molecule has 132 valence electrons. The van der Waals surface area contributed by atoms with Crippen LogP contribution < -0.4 is 9.62 Å². The minimum atomic E-state index is -3.27. The molecule has 0 saturated carbocycles. The number of hydrogen-bond donors (Lipinski definition) is 1. The molecule has 0 bridgehead atoms. The molecule has 2 aromatic carbocycles. The lowest BCUT2D eigenvalue weighted by atomic mass is 10.1. The van der Waals surface area contributed by atoms with Gasteiger partial charge < -0.3 is 5.32 Å². The molecule has 0 unspecified atom stereocenters. The Kier molecular flexibility index (Phi) is 5.38. The number of benzene rings is 2. The average molecular weight is 358 g/mol. The first kappa shape index (κ1) is 17.5. The molecule has 1 aliphatic heterocycles. The molecule has 1 amide bonds. The number of nitrogens with one attached hydrogen (secondary N) is 1. The lowest BCUT2D eigenvalue weighted by Crippen LogP contribution is -2.38. The van der Waals surface area contributed by atoms with Crippen LogP contribution in [0, 0.1) is 0 Å². The van der Waals surface area contributed by atoms with Crippen molar-refractivity contribution in [1.29, 1.82) is 0 Å². The maximum absolute atomic E-state index is 12.4. The number of rotatable bonds is 5. The second kappa shape index (κ2) is 7.70. The lowest BCUT2D eigenvalue weighted by Gasteiger charge is -2.28. The average Bonchev–Trinajstić information content (AvgIpc) is 2.62. The number of carbonyl (C=O) groups excluding carboxylic acids is 1. The molecule has 0 atom stereocenters. The van der Waals surface area contributed by atoms with Gasteiger partial charge in [-0.05, 0) is 43.0 Å². The Balaban J connectivity index is 1.65. The summed E-state index contributed by atoms with van der Waals surface area (Å²) in [6, 6.07) is 16.8. The molecule has 1 heterocycles. The number of carbonyl (C=O) groups is 1. The maximum Gasteiger partial charge on any atom is 0.251 e. The summed E-state index contributed by atoms with van der Waals surface area (Å²) < 4.78 is 25.8. The van der Waals surface area contributed by atoms with E-state index in [4.69, 9.17) is 0 Å². The SMILES string of the molecule is O=C(NCCc1ccccc1)c1cccc(N2CCCCS2(=O)=O)c1. The summed E-state index contributed by atoms with van der Waals surface area (Å²) in [5, 5.41) is 2.89.